The molecule has 0 saturated heterocycles. The molecule has 0 aliphatic heterocycles. The van der Waals surface area contributed by atoms with Gasteiger partial charge in [0.05, 0.1) is 0 Å². The molecule has 0 rings (SSSR count). The molecule has 0 fully saturated rings. The van der Waals surface area contributed by atoms with Crippen LogP contribution in [0.3, 0.4) is 0 Å². The molecule has 5 heteroatoms. The fourth-order valence-corrected chi connectivity index (χ4v) is 0. The predicted molar refractivity (Wildman–Crippen MR) is 12.2 cm³/mol. The van der Waals surface area contributed by atoms with Gasteiger partial charge in [-0.2, -0.15) is 0 Å². The standard InChI is InChI=1S/Be.O3Si/c;1-4(2)3/q+2;-2. The SMILES string of the molecule is O=[Si]([O-])[O-].[Be+2]. The van der Waals surface area contributed by atoms with E-state index >= 15 is 0 Å². The van der Waals surface area contributed by atoms with Crippen LogP contribution in [0.5, 0.6) is 0 Å². The summed E-state index contributed by atoms with van der Waals surface area (Å²) in [6, 6.07) is 0. The van der Waals surface area contributed by atoms with Gasteiger partial charge in [0.2, 0.25) is 0 Å². The Hall–Kier alpha value is -0.214. The molecule has 0 radical (unpaired) electrons. The molecule has 0 N–H and O–H groups in total. The Bertz CT molecular complexity index is 29.9. The third-order valence-corrected chi connectivity index (χ3v) is 0. The normalized spacial score (nSPS) is 4.80. The fourth-order valence-electron chi connectivity index (χ4n) is 0. The van der Waals surface area contributed by atoms with Crippen LogP contribution >= 0.6 is 0 Å². The van der Waals surface area contributed by atoms with Crippen molar-refractivity contribution in [3.8, 4) is 0 Å². The molecule has 0 amide bonds. The smallest absolute Gasteiger partial charge is 0.672 e. The first kappa shape index (κ1) is 8.84. The van der Waals surface area contributed by atoms with Crippen molar-refractivity contribution in [2.75, 3.05) is 0 Å². The van der Waals surface area contributed by atoms with Crippen LogP contribution in [-0.4, -0.2) is 19.3 Å². The summed E-state index contributed by atoms with van der Waals surface area (Å²) in [5.41, 5.74) is 0. The molecule has 0 spiro atoms. The fraction of sp³-hybridized carbons (Fsp3) is 0. The van der Waals surface area contributed by atoms with Gasteiger partial charge in [0, 0.05) is 9.17 Å². The third-order valence-electron chi connectivity index (χ3n) is 0. The monoisotopic (exact) mass is 85.0 g/mol. The summed E-state index contributed by atoms with van der Waals surface area (Å²) in [6.45, 7) is 0. The average Bonchev–Trinajstić information content (AvgIpc) is 0.811. The molecule has 0 aromatic rings. The van der Waals surface area contributed by atoms with E-state index in [2.05, 4.69) is 0 Å². The molecular formula is BeO3Si. The Labute approximate surface area is 34.4 Å². The average molecular weight is 85.1 g/mol. The second-order valence-electron chi connectivity index (χ2n) is 0.250. The van der Waals surface area contributed by atoms with Crippen molar-refractivity contribution in [3.63, 3.8) is 0 Å². The Balaban J connectivity index is 0. The van der Waals surface area contributed by atoms with E-state index in [0.717, 1.165) is 0 Å². The van der Waals surface area contributed by atoms with Gasteiger partial charge in [0.15, 0.2) is 0 Å². The van der Waals surface area contributed by atoms with E-state index in [1.54, 1.807) is 0 Å². The number of hydrogen-bond donors (Lipinski definition) is 0. The van der Waals surface area contributed by atoms with E-state index in [1.165, 1.54) is 0 Å². The summed E-state index contributed by atoms with van der Waals surface area (Å²) in [7, 11) is -3.63. The van der Waals surface area contributed by atoms with Crippen molar-refractivity contribution >= 4 is 19.3 Å². The van der Waals surface area contributed by atoms with Gasteiger partial charge in [-0.15, -0.1) is 0 Å². The Morgan fingerprint density at radius 2 is 1.40 bits per heavy atom. The summed E-state index contributed by atoms with van der Waals surface area (Å²) in [5.74, 6) is 0. The van der Waals surface area contributed by atoms with Crippen LogP contribution in [-0.2, 0) is 4.46 Å². The summed E-state index contributed by atoms with van der Waals surface area (Å²) >= 11 is 0. The zero-order valence-electron chi connectivity index (χ0n) is 2.43. The molecular weight excluding hydrogens is 85.1 g/mol. The van der Waals surface area contributed by atoms with Crippen molar-refractivity contribution in [2.45, 2.75) is 0 Å². The summed E-state index contributed by atoms with van der Waals surface area (Å²) in [4.78, 5) is 17.0. The van der Waals surface area contributed by atoms with Gasteiger partial charge in [-0.25, -0.2) is 0 Å². The van der Waals surface area contributed by atoms with Crippen LogP contribution < -0.4 is 9.59 Å². The summed E-state index contributed by atoms with van der Waals surface area (Å²) in [5, 5.41) is 0. The van der Waals surface area contributed by atoms with Crippen molar-refractivity contribution in [2.24, 2.45) is 0 Å². The second-order valence-corrected chi connectivity index (χ2v) is 0.750. The minimum Gasteiger partial charge on any atom is -0.672 e. The van der Waals surface area contributed by atoms with E-state index < -0.39 is 9.17 Å². The van der Waals surface area contributed by atoms with Gasteiger partial charge < -0.3 is 14.1 Å². The maximum Gasteiger partial charge on any atom is 2.00 e. The zero-order chi connectivity index (χ0) is 3.58. The molecule has 0 aliphatic rings. The molecule has 0 unspecified atom stereocenters. The first-order chi connectivity index (χ1) is 1.73. The minimum absolute atomic E-state index is 0. The van der Waals surface area contributed by atoms with Crippen LogP contribution in [0.25, 0.3) is 0 Å². The van der Waals surface area contributed by atoms with Gasteiger partial charge in [0.25, 0.3) is 0 Å². The Kier molecular flexibility index (Phi) is 6.69. The van der Waals surface area contributed by atoms with E-state index in [9.17, 15) is 0 Å². The maximum atomic E-state index is 8.52. The molecule has 0 bridgehead atoms. The molecule has 3 nitrogen and oxygen atoms in total. The number of rotatable bonds is 0. The van der Waals surface area contributed by atoms with Crippen LogP contribution in [0.15, 0.2) is 0 Å². The molecule has 5 heavy (non-hydrogen) atoms. The molecule has 0 aromatic heterocycles. The van der Waals surface area contributed by atoms with Gasteiger partial charge >= 0.3 is 10.1 Å². The maximum absolute atomic E-state index is 8.52. The quantitative estimate of drug-likeness (QED) is 0.290. The third kappa shape index (κ3) is 263. The van der Waals surface area contributed by atoms with Gasteiger partial charge in [-0.05, 0) is 0 Å². The van der Waals surface area contributed by atoms with E-state index in [-0.39, 0.29) is 10.1 Å². The molecule has 0 aliphatic carbocycles. The van der Waals surface area contributed by atoms with Crippen molar-refractivity contribution in [1.29, 1.82) is 0 Å². The van der Waals surface area contributed by atoms with E-state index in [4.69, 9.17) is 14.1 Å². The van der Waals surface area contributed by atoms with Crippen LogP contribution in [0.4, 0.5) is 0 Å². The summed E-state index contributed by atoms with van der Waals surface area (Å²) in [6.07, 6.45) is 0. The van der Waals surface area contributed by atoms with Crippen molar-refractivity contribution < 1.29 is 14.1 Å². The first-order valence-corrected chi connectivity index (χ1v) is 1.84. The molecule has 0 saturated carbocycles. The summed E-state index contributed by atoms with van der Waals surface area (Å²) < 4.78 is 8.52. The predicted octanol–water partition coefficient (Wildman–Crippen LogP) is -3.26. The number of hydrogen-bond acceptors (Lipinski definition) is 3. The van der Waals surface area contributed by atoms with E-state index in [1.807, 2.05) is 0 Å². The molecule has 24 valence electrons. The van der Waals surface area contributed by atoms with Crippen molar-refractivity contribution in [3.05, 3.63) is 0 Å². The minimum atomic E-state index is -3.63. The van der Waals surface area contributed by atoms with Crippen LogP contribution in [0, 0.1) is 0 Å². The Morgan fingerprint density at radius 1 is 1.40 bits per heavy atom. The van der Waals surface area contributed by atoms with Gasteiger partial charge in [-0.3, -0.25) is 0 Å². The first-order valence-electron chi connectivity index (χ1n) is 0.612. The topological polar surface area (TPSA) is 63.2 Å². The van der Waals surface area contributed by atoms with Gasteiger partial charge in [0.1, 0.15) is 0 Å². The molecule has 0 aromatic carbocycles. The van der Waals surface area contributed by atoms with Crippen LogP contribution in [0.2, 0.25) is 0 Å². The zero-order valence-corrected chi connectivity index (χ0v) is 3.43. The molecule has 0 heterocycles. The Morgan fingerprint density at radius 3 is 1.40 bits per heavy atom. The second kappa shape index (κ2) is 3.79. The van der Waals surface area contributed by atoms with E-state index in [0.29, 0.717) is 0 Å². The van der Waals surface area contributed by atoms with Crippen molar-refractivity contribution in [1.82, 2.24) is 0 Å². The van der Waals surface area contributed by atoms with Gasteiger partial charge in [-0.1, -0.05) is 0 Å². The molecule has 0 atom stereocenters. The largest absolute Gasteiger partial charge is 2.00 e. The van der Waals surface area contributed by atoms with Crippen LogP contribution in [0.1, 0.15) is 0 Å².